The van der Waals surface area contributed by atoms with Crippen LogP contribution < -0.4 is 15.7 Å². The van der Waals surface area contributed by atoms with Gasteiger partial charge in [-0.15, -0.1) is 0 Å². The first kappa shape index (κ1) is 19.4. The fraction of sp³-hybridized carbons (Fsp3) is 0.235. The van der Waals surface area contributed by atoms with Gasteiger partial charge in [-0.2, -0.15) is 11.8 Å². The van der Waals surface area contributed by atoms with Gasteiger partial charge in [0.1, 0.15) is 11.5 Å². The van der Waals surface area contributed by atoms with Crippen molar-refractivity contribution < 1.29 is 28.3 Å². The summed E-state index contributed by atoms with van der Waals surface area (Å²) in [5, 5.41) is 16.0. The van der Waals surface area contributed by atoms with Crippen molar-refractivity contribution >= 4 is 35.6 Å². The lowest BCUT2D eigenvalue weighted by molar-refractivity contribution is -0.308. The molecule has 8 nitrogen and oxygen atoms in total. The number of thioether (sulfide) groups is 1. The normalized spacial score (nSPS) is 12.4. The lowest BCUT2D eigenvalue weighted by atomic mass is 10.2. The lowest BCUT2D eigenvalue weighted by Gasteiger charge is -2.20. The number of carbonyl (C=O) groups excluding carboxylic acids is 3. The average Bonchev–Trinajstić information content (AvgIpc) is 3.30. The van der Waals surface area contributed by atoms with E-state index in [1.807, 2.05) is 6.26 Å². The highest BCUT2D eigenvalue weighted by molar-refractivity contribution is 7.98. The lowest BCUT2D eigenvalue weighted by Crippen LogP contribution is -2.50. The molecule has 0 spiro atoms. The molecule has 2 heterocycles. The minimum Gasteiger partial charge on any atom is -0.548 e. The zero-order chi connectivity index (χ0) is 18.9. The van der Waals surface area contributed by atoms with E-state index in [-0.39, 0.29) is 17.9 Å². The summed E-state index contributed by atoms with van der Waals surface area (Å²) in [5.41, 5.74) is -0.184. The number of hydrogen-bond acceptors (Lipinski definition) is 7. The second-order valence-electron chi connectivity index (χ2n) is 5.13. The Hall–Kier alpha value is -2.94. The van der Waals surface area contributed by atoms with Crippen LogP contribution in [0.5, 0.6) is 0 Å². The third kappa shape index (κ3) is 5.55. The van der Waals surface area contributed by atoms with Crippen LogP contribution in [0.1, 0.15) is 22.7 Å². The fourth-order valence-corrected chi connectivity index (χ4v) is 2.46. The van der Waals surface area contributed by atoms with Crippen LogP contribution >= 0.6 is 11.8 Å². The number of aliphatic carboxylic acids is 1. The summed E-state index contributed by atoms with van der Waals surface area (Å²) in [4.78, 5) is 35.9. The largest absolute Gasteiger partial charge is 0.548 e. The number of furan rings is 2. The van der Waals surface area contributed by atoms with E-state index in [0.29, 0.717) is 11.5 Å². The summed E-state index contributed by atoms with van der Waals surface area (Å²) in [6.45, 7) is 0. The van der Waals surface area contributed by atoms with Crippen molar-refractivity contribution in [1.82, 2.24) is 10.6 Å². The molecule has 2 aromatic rings. The molecule has 0 aliphatic heterocycles. The number of carbonyl (C=O) groups is 3. The van der Waals surface area contributed by atoms with Gasteiger partial charge in [0, 0.05) is 6.08 Å². The third-order valence-electron chi connectivity index (χ3n) is 3.27. The zero-order valence-electron chi connectivity index (χ0n) is 13.9. The van der Waals surface area contributed by atoms with Crippen LogP contribution in [-0.4, -0.2) is 35.8 Å². The second kappa shape index (κ2) is 9.52. The number of amides is 2. The van der Waals surface area contributed by atoms with Gasteiger partial charge < -0.3 is 29.4 Å². The molecule has 0 aromatic carbocycles. The Morgan fingerprint density at radius 3 is 2.54 bits per heavy atom. The monoisotopic (exact) mass is 377 g/mol. The molecule has 0 saturated carbocycles. The van der Waals surface area contributed by atoms with E-state index in [9.17, 15) is 19.5 Å². The Morgan fingerprint density at radius 2 is 1.96 bits per heavy atom. The fourth-order valence-electron chi connectivity index (χ4n) is 1.99. The zero-order valence-corrected chi connectivity index (χ0v) is 14.7. The van der Waals surface area contributed by atoms with Crippen LogP contribution in [0, 0.1) is 0 Å². The van der Waals surface area contributed by atoms with E-state index in [4.69, 9.17) is 8.83 Å². The van der Waals surface area contributed by atoms with E-state index < -0.39 is 23.8 Å². The highest BCUT2D eigenvalue weighted by Gasteiger charge is 2.20. The molecule has 0 radical (unpaired) electrons. The maximum Gasteiger partial charge on any atom is 0.291 e. The molecule has 2 aromatic heterocycles. The number of rotatable bonds is 9. The molecule has 0 aliphatic rings. The third-order valence-corrected chi connectivity index (χ3v) is 3.91. The van der Waals surface area contributed by atoms with Gasteiger partial charge in [0.25, 0.3) is 11.8 Å². The summed E-state index contributed by atoms with van der Waals surface area (Å²) in [7, 11) is 0. The quantitative estimate of drug-likeness (QED) is 0.614. The van der Waals surface area contributed by atoms with Crippen LogP contribution in [0.4, 0.5) is 0 Å². The van der Waals surface area contributed by atoms with Crippen molar-refractivity contribution in [3.63, 3.8) is 0 Å². The Labute approximate surface area is 153 Å². The van der Waals surface area contributed by atoms with E-state index in [2.05, 4.69) is 10.6 Å². The Morgan fingerprint density at radius 1 is 1.23 bits per heavy atom. The molecule has 9 heteroatoms. The van der Waals surface area contributed by atoms with E-state index in [0.717, 1.165) is 0 Å². The average molecular weight is 377 g/mol. The van der Waals surface area contributed by atoms with Gasteiger partial charge in [-0.1, -0.05) is 0 Å². The molecular weight excluding hydrogens is 360 g/mol. The highest BCUT2D eigenvalue weighted by atomic mass is 32.2. The minimum absolute atomic E-state index is 0.00183. The van der Waals surface area contributed by atoms with Crippen LogP contribution in [0.2, 0.25) is 0 Å². The topological polar surface area (TPSA) is 125 Å². The van der Waals surface area contributed by atoms with Crippen molar-refractivity contribution in [3.05, 3.63) is 54.0 Å². The second-order valence-corrected chi connectivity index (χ2v) is 6.12. The summed E-state index contributed by atoms with van der Waals surface area (Å²) in [6, 6.07) is 4.96. The van der Waals surface area contributed by atoms with Gasteiger partial charge in [-0.05, 0) is 42.7 Å². The van der Waals surface area contributed by atoms with Gasteiger partial charge >= 0.3 is 0 Å². The van der Waals surface area contributed by atoms with E-state index >= 15 is 0 Å². The van der Waals surface area contributed by atoms with Gasteiger partial charge in [-0.3, -0.25) is 9.59 Å². The van der Waals surface area contributed by atoms with Crippen molar-refractivity contribution in [2.24, 2.45) is 0 Å². The molecule has 2 rings (SSSR count). The van der Waals surface area contributed by atoms with Crippen LogP contribution in [0.3, 0.4) is 0 Å². The van der Waals surface area contributed by atoms with Crippen molar-refractivity contribution in [2.45, 2.75) is 12.5 Å². The predicted molar refractivity (Wildman–Crippen MR) is 92.8 cm³/mol. The molecule has 1 atom stereocenters. The molecular formula is C17H17N2O6S-. The molecule has 0 unspecified atom stereocenters. The van der Waals surface area contributed by atoms with Crippen molar-refractivity contribution in [1.29, 1.82) is 0 Å². The first-order chi connectivity index (χ1) is 12.5. The molecule has 0 aliphatic carbocycles. The predicted octanol–water partition coefficient (Wildman–Crippen LogP) is 0.631. The van der Waals surface area contributed by atoms with Gasteiger partial charge in [0.15, 0.2) is 5.76 Å². The Bertz CT molecular complexity index is 767. The number of hydrogen-bond donors (Lipinski definition) is 2. The van der Waals surface area contributed by atoms with Gasteiger partial charge in [0.2, 0.25) is 0 Å². The first-order valence-corrected chi connectivity index (χ1v) is 9.01. The van der Waals surface area contributed by atoms with Gasteiger partial charge in [0.05, 0.1) is 24.5 Å². The smallest absolute Gasteiger partial charge is 0.291 e. The first-order valence-electron chi connectivity index (χ1n) is 7.62. The summed E-state index contributed by atoms with van der Waals surface area (Å²) < 4.78 is 10.1. The Kier molecular flexibility index (Phi) is 7.10. The Balaban J connectivity index is 2.18. The van der Waals surface area contributed by atoms with Crippen LogP contribution in [0.15, 0.2) is 51.3 Å². The van der Waals surface area contributed by atoms with E-state index in [1.165, 1.54) is 42.5 Å². The van der Waals surface area contributed by atoms with Crippen molar-refractivity contribution in [3.8, 4) is 0 Å². The van der Waals surface area contributed by atoms with Gasteiger partial charge in [-0.25, -0.2) is 0 Å². The van der Waals surface area contributed by atoms with Crippen LogP contribution in [-0.2, 0) is 9.59 Å². The maximum absolute atomic E-state index is 12.5. The molecule has 2 amide bonds. The van der Waals surface area contributed by atoms with Crippen molar-refractivity contribution in [2.75, 3.05) is 12.0 Å². The standard InChI is InChI=1S/C17H18N2O6S/c1-26-9-6-12(17(22)23)18-15(20)13(10-11-4-2-7-24-11)19-16(21)14-5-3-8-25-14/h2-5,7-8,10,12H,6,9H2,1H3,(H,18,20)(H,19,21)(H,22,23)/p-1/b13-10-/t12-/m0/s1. The molecule has 0 fully saturated rings. The SMILES string of the molecule is CSCC[C@H](NC(=O)/C(=C/c1ccco1)NC(=O)c1ccco1)C(=O)[O-]. The summed E-state index contributed by atoms with van der Waals surface area (Å²) in [6.07, 6.45) is 6.02. The highest BCUT2D eigenvalue weighted by Crippen LogP contribution is 2.09. The van der Waals surface area contributed by atoms with Crippen LogP contribution in [0.25, 0.3) is 6.08 Å². The number of nitrogens with one attached hydrogen (secondary N) is 2. The number of carboxylic acids is 1. The maximum atomic E-state index is 12.5. The summed E-state index contributed by atoms with van der Waals surface area (Å²) in [5.74, 6) is -2.00. The molecule has 0 bridgehead atoms. The minimum atomic E-state index is -1.40. The molecule has 138 valence electrons. The van der Waals surface area contributed by atoms with E-state index in [1.54, 1.807) is 12.1 Å². The molecule has 0 saturated heterocycles. The molecule has 2 N–H and O–H groups in total. The molecule has 26 heavy (non-hydrogen) atoms. The number of carboxylic acid groups (broad SMARTS) is 1. The summed E-state index contributed by atoms with van der Waals surface area (Å²) >= 11 is 1.44.